The van der Waals surface area contributed by atoms with Crippen molar-refractivity contribution in [1.29, 1.82) is 0 Å². The summed E-state index contributed by atoms with van der Waals surface area (Å²) >= 11 is 0. The first kappa shape index (κ1) is 22.1. The van der Waals surface area contributed by atoms with E-state index in [0.29, 0.717) is 32.0 Å². The summed E-state index contributed by atoms with van der Waals surface area (Å²) in [6.45, 7) is 7.27. The second kappa shape index (κ2) is 10.1. The number of guanidine groups is 1. The molecule has 23 heavy (non-hydrogen) atoms. The minimum absolute atomic E-state index is 0. The zero-order valence-electron chi connectivity index (χ0n) is 14.2. The van der Waals surface area contributed by atoms with E-state index in [1.165, 1.54) is 10.6 Å². The Bertz CT molecular complexity index is 612. The molecule has 0 amide bonds. The number of nitrogens with one attached hydrogen (secondary N) is 1. The van der Waals surface area contributed by atoms with Gasteiger partial charge in [-0.2, -0.15) is 0 Å². The van der Waals surface area contributed by atoms with Crippen LogP contribution in [0.3, 0.4) is 0 Å². The molecule has 0 aliphatic heterocycles. The molecule has 1 aromatic carbocycles. The van der Waals surface area contributed by atoms with Crippen LogP contribution in [0.1, 0.15) is 24.5 Å². The topological polar surface area (TPSA) is 87.8 Å². The van der Waals surface area contributed by atoms with Crippen LogP contribution in [0.25, 0.3) is 0 Å². The van der Waals surface area contributed by atoms with E-state index < -0.39 is 10.0 Å². The van der Waals surface area contributed by atoms with Gasteiger partial charge in [0.2, 0.25) is 10.0 Å². The van der Waals surface area contributed by atoms with Crippen molar-refractivity contribution in [2.24, 2.45) is 10.7 Å². The molecule has 0 radical (unpaired) electrons. The second-order valence-electron chi connectivity index (χ2n) is 5.38. The number of nitrogens with two attached hydrogens (primary N) is 1. The fraction of sp³-hybridized carbons (Fsp3) is 0.533. The first-order valence-corrected chi connectivity index (χ1v) is 9.17. The van der Waals surface area contributed by atoms with E-state index in [1.54, 1.807) is 0 Å². The summed E-state index contributed by atoms with van der Waals surface area (Å²) in [6, 6.07) is 6.08. The lowest BCUT2D eigenvalue weighted by atomic mass is 10.1. The highest BCUT2D eigenvalue weighted by molar-refractivity contribution is 14.0. The molecule has 3 N–H and O–H groups in total. The number of hydrogen-bond acceptors (Lipinski definition) is 3. The van der Waals surface area contributed by atoms with Gasteiger partial charge >= 0.3 is 0 Å². The highest BCUT2D eigenvalue weighted by Gasteiger charge is 2.12. The summed E-state index contributed by atoms with van der Waals surface area (Å²) in [6.07, 6.45) is 1.85. The number of hydrogen-bond donors (Lipinski definition) is 2. The van der Waals surface area contributed by atoms with Gasteiger partial charge in [0, 0.05) is 25.3 Å². The Morgan fingerprint density at radius 2 is 1.83 bits per heavy atom. The van der Waals surface area contributed by atoms with Crippen molar-refractivity contribution in [3.63, 3.8) is 0 Å². The maximum absolute atomic E-state index is 11.4. The lowest BCUT2D eigenvalue weighted by Gasteiger charge is -2.16. The summed E-state index contributed by atoms with van der Waals surface area (Å²) in [5.41, 5.74) is 9.06. The normalized spacial score (nSPS) is 12.1. The third-order valence-corrected chi connectivity index (χ3v) is 4.54. The van der Waals surface area contributed by atoms with E-state index in [0.717, 1.165) is 16.8 Å². The second-order valence-corrected chi connectivity index (χ2v) is 7.36. The van der Waals surface area contributed by atoms with E-state index in [-0.39, 0.29) is 24.0 Å². The molecule has 0 bridgehead atoms. The van der Waals surface area contributed by atoms with Crippen LogP contribution in [0.15, 0.2) is 23.2 Å². The summed E-state index contributed by atoms with van der Waals surface area (Å²) < 4.78 is 24.3. The molecule has 0 atom stereocenters. The fourth-order valence-corrected chi connectivity index (χ4v) is 3.17. The molecule has 0 saturated carbocycles. The standard InChI is InChI=1S/C15H26N4O2S.HI/c1-5-19(22(4,20)21)8-6-7-17-15(16)18-14-10-12(2)9-13(3)11-14;/h9-11H,5-8H2,1-4H3,(H3,16,17,18);1H. The van der Waals surface area contributed by atoms with Gasteiger partial charge in [-0.1, -0.05) is 13.0 Å². The van der Waals surface area contributed by atoms with Gasteiger partial charge in [0.25, 0.3) is 0 Å². The molecule has 1 aromatic rings. The Labute approximate surface area is 156 Å². The predicted molar refractivity (Wildman–Crippen MR) is 108 cm³/mol. The van der Waals surface area contributed by atoms with Crippen molar-refractivity contribution in [2.75, 3.05) is 31.2 Å². The van der Waals surface area contributed by atoms with E-state index in [1.807, 2.05) is 32.9 Å². The number of nitrogens with zero attached hydrogens (tertiary/aromatic N) is 2. The van der Waals surface area contributed by atoms with Gasteiger partial charge in [-0.25, -0.2) is 12.7 Å². The van der Waals surface area contributed by atoms with Gasteiger partial charge in [-0.3, -0.25) is 4.99 Å². The largest absolute Gasteiger partial charge is 0.370 e. The molecule has 0 aromatic heterocycles. The molecule has 0 aliphatic carbocycles. The molecule has 0 unspecified atom stereocenters. The zero-order valence-corrected chi connectivity index (χ0v) is 17.3. The van der Waals surface area contributed by atoms with Gasteiger partial charge < -0.3 is 11.1 Å². The highest BCUT2D eigenvalue weighted by atomic mass is 127. The van der Waals surface area contributed by atoms with Gasteiger partial charge in [0.05, 0.1) is 6.26 Å². The molecule has 0 fully saturated rings. The molecule has 6 nitrogen and oxygen atoms in total. The maximum Gasteiger partial charge on any atom is 0.211 e. The first-order chi connectivity index (χ1) is 10.2. The first-order valence-electron chi connectivity index (χ1n) is 7.32. The molecular formula is C15H27IN4O2S. The van der Waals surface area contributed by atoms with Gasteiger partial charge in [-0.15, -0.1) is 24.0 Å². The average Bonchev–Trinajstić information content (AvgIpc) is 2.35. The van der Waals surface area contributed by atoms with Crippen LogP contribution in [0.2, 0.25) is 0 Å². The highest BCUT2D eigenvalue weighted by Crippen LogP contribution is 2.13. The van der Waals surface area contributed by atoms with Crippen LogP contribution in [0, 0.1) is 13.8 Å². The molecule has 8 heteroatoms. The lowest BCUT2D eigenvalue weighted by Crippen LogP contribution is -2.31. The van der Waals surface area contributed by atoms with Crippen LogP contribution in [-0.4, -0.2) is 44.6 Å². The number of sulfonamides is 1. The Kier molecular flexibility index (Phi) is 9.71. The smallest absolute Gasteiger partial charge is 0.211 e. The average molecular weight is 454 g/mol. The molecule has 0 heterocycles. The SMILES string of the molecule is CCN(CCCN=C(N)Nc1cc(C)cc(C)c1)S(C)(=O)=O.I. The molecule has 1 rings (SSSR count). The quantitative estimate of drug-likeness (QED) is 0.287. The maximum atomic E-state index is 11.4. The van der Waals surface area contributed by atoms with Crippen molar-refractivity contribution in [3.8, 4) is 0 Å². The summed E-state index contributed by atoms with van der Waals surface area (Å²) in [7, 11) is -3.14. The molecular weight excluding hydrogens is 427 g/mol. The Morgan fingerprint density at radius 1 is 1.26 bits per heavy atom. The molecule has 132 valence electrons. The summed E-state index contributed by atoms with van der Waals surface area (Å²) in [4.78, 5) is 4.23. The summed E-state index contributed by atoms with van der Waals surface area (Å²) in [5.74, 6) is 0.340. The van der Waals surface area contributed by atoms with Crippen LogP contribution in [-0.2, 0) is 10.0 Å². The Morgan fingerprint density at radius 3 is 2.30 bits per heavy atom. The number of aliphatic imine (C=N–C) groups is 1. The summed E-state index contributed by atoms with van der Waals surface area (Å²) in [5, 5.41) is 3.05. The van der Waals surface area contributed by atoms with E-state index in [2.05, 4.69) is 16.4 Å². The third-order valence-electron chi connectivity index (χ3n) is 3.16. The molecule has 0 aliphatic rings. The van der Waals surface area contributed by atoms with Gasteiger partial charge in [0.1, 0.15) is 0 Å². The van der Waals surface area contributed by atoms with Crippen molar-refractivity contribution in [1.82, 2.24) is 4.31 Å². The van der Waals surface area contributed by atoms with Crippen LogP contribution >= 0.6 is 24.0 Å². The van der Waals surface area contributed by atoms with E-state index >= 15 is 0 Å². The zero-order chi connectivity index (χ0) is 16.8. The van der Waals surface area contributed by atoms with E-state index in [9.17, 15) is 8.42 Å². The number of anilines is 1. The van der Waals surface area contributed by atoms with Gasteiger partial charge in [0.15, 0.2) is 5.96 Å². The van der Waals surface area contributed by atoms with E-state index in [4.69, 9.17) is 5.73 Å². The lowest BCUT2D eigenvalue weighted by molar-refractivity contribution is 0.427. The van der Waals surface area contributed by atoms with Crippen molar-refractivity contribution in [3.05, 3.63) is 29.3 Å². The van der Waals surface area contributed by atoms with Crippen molar-refractivity contribution < 1.29 is 8.42 Å². The van der Waals surface area contributed by atoms with Crippen LogP contribution in [0.4, 0.5) is 5.69 Å². The number of benzene rings is 1. The molecule has 0 spiro atoms. The Balaban J connectivity index is 0.00000484. The van der Waals surface area contributed by atoms with Gasteiger partial charge in [-0.05, 0) is 43.5 Å². The van der Waals surface area contributed by atoms with Crippen LogP contribution in [0.5, 0.6) is 0 Å². The molecule has 0 saturated heterocycles. The fourth-order valence-electron chi connectivity index (χ4n) is 2.24. The number of rotatable bonds is 7. The van der Waals surface area contributed by atoms with Crippen molar-refractivity contribution in [2.45, 2.75) is 27.2 Å². The number of aryl methyl sites for hydroxylation is 2. The predicted octanol–water partition coefficient (Wildman–Crippen LogP) is 2.32. The third kappa shape index (κ3) is 8.52. The van der Waals surface area contributed by atoms with Crippen LogP contribution < -0.4 is 11.1 Å². The van der Waals surface area contributed by atoms with Crippen molar-refractivity contribution >= 4 is 45.6 Å². The number of halogens is 1. The monoisotopic (exact) mass is 454 g/mol. The minimum Gasteiger partial charge on any atom is -0.370 e. The Hall–Kier alpha value is -0.870. The minimum atomic E-state index is -3.14.